The van der Waals surface area contributed by atoms with E-state index in [1.807, 2.05) is 0 Å². The molecule has 1 aliphatic heterocycles. The van der Waals surface area contributed by atoms with Gasteiger partial charge in [0.15, 0.2) is 0 Å². The van der Waals surface area contributed by atoms with Crippen molar-refractivity contribution in [1.29, 1.82) is 0 Å². The lowest BCUT2D eigenvalue weighted by molar-refractivity contribution is -0.149. The summed E-state index contributed by atoms with van der Waals surface area (Å²) in [7, 11) is 0. The van der Waals surface area contributed by atoms with Crippen LogP contribution in [0.15, 0.2) is 22.8 Å². The van der Waals surface area contributed by atoms with Gasteiger partial charge >= 0.3 is 5.97 Å². The molecule has 1 unspecified atom stereocenters. The van der Waals surface area contributed by atoms with Crippen LogP contribution in [0.3, 0.4) is 0 Å². The number of likely N-dealkylation sites (tertiary alicyclic amines) is 1. The monoisotopic (exact) mass is 340 g/mol. The molecule has 0 aromatic carbocycles. The lowest BCUT2D eigenvalue weighted by atomic mass is 10.0. The maximum absolute atomic E-state index is 12.6. The summed E-state index contributed by atoms with van der Waals surface area (Å²) in [5.41, 5.74) is 0.337. The summed E-state index contributed by atoms with van der Waals surface area (Å²) in [6.07, 6.45) is 4.04. The van der Waals surface area contributed by atoms with Gasteiger partial charge in [0, 0.05) is 17.2 Å². The fourth-order valence-corrected chi connectivity index (χ4v) is 2.76. The molecule has 0 saturated carbocycles. The third-order valence-electron chi connectivity index (χ3n) is 3.28. The summed E-state index contributed by atoms with van der Waals surface area (Å²) < 4.78 is 5.70. The molecule has 1 aromatic rings. The van der Waals surface area contributed by atoms with Gasteiger partial charge in [-0.3, -0.25) is 4.79 Å². The van der Waals surface area contributed by atoms with Crippen LogP contribution in [-0.4, -0.2) is 41.0 Å². The van der Waals surface area contributed by atoms with Crippen molar-refractivity contribution >= 4 is 27.8 Å². The zero-order chi connectivity index (χ0) is 14.5. The maximum Gasteiger partial charge on any atom is 0.328 e. The fourth-order valence-electron chi connectivity index (χ4n) is 2.34. The van der Waals surface area contributed by atoms with E-state index in [1.165, 1.54) is 0 Å². The van der Waals surface area contributed by atoms with Crippen LogP contribution in [0.4, 0.5) is 0 Å². The minimum Gasteiger partial charge on any atom is -0.464 e. The van der Waals surface area contributed by atoms with Gasteiger partial charge in [-0.1, -0.05) is 0 Å². The Bertz CT molecular complexity index is 507. The van der Waals surface area contributed by atoms with Gasteiger partial charge < -0.3 is 9.64 Å². The molecule has 0 N–H and O–H groups in total. The van der Waals surface area contributed by atoms with Gasteiger partial charge in [-0.25, -0.2) is 9.78 Å². The highest BCUT2D eigenvalue weighted by molar-refractivity contribution is 9.10. The number of halogens is 1. The normalized spacial score (nSPS) is 18.7. The maximum atomic E-state index is 12.6. The highest BCUT2D eigenvalue weighted by atomic mass is 79.9. The highest BCUT2D eigenvalue weighted by Crippen LogP contribution is 2.23. The van der Waals surface area contributed by atoms with E-state index in [1.54, 1.807) is 30.2 Å². The van der Waals surface area contributed by atoms with Gasteiger partial charge in [0.25, 0.3) is 5.91 Å². The lowest BCUT2D eigenvalue weighted by Crippen LogP contribution is -2.49. The number of aromatic nitrogens is 1. The van der Waals surface area contributed by atoms with Crippen LogP contribution in [0.2, 0.25) is 0 Å². The Morgan fingerprint density at radius 2 is 2.30 bits per heavy atom. The minimum absolute atomic E-state index is 0.227. The van der Waals surface area contributed by atoms with Gasteiger partial charge in [0.05, 0.1) is 6.61 Å². The molecule has 2 rings (SSSR count). The molecule has 1 saturated heterocycles. The lowest BCUT2D eigenvalue weighted by Gasteiger charge is -2.33. The molecule has 0 spiro atoms. The molecular formula is C14H17BrN2O3. The van der Waals surface area contributed by atoms with Crippen molar-refractivity contribution in [3.8, 4) is 0 Å². The van der Waals surface area contributed by atoms with E-state index in [4.69, 9.17) is 4.74 Å². The third-order valence-corrected chi connectivity index (χ3v) is 3.92. The Kier molecular flexibility index (Phi) is 5.11. The molecule has 1 amide bonds. The van der Waals surface area contributed by atoms with E-state index in [2.05, 4.69) is 20.9 Å². The van der Waals surface area contributed by atoms with Crippen LogP contribution in [-0.2, 0) is 9.53 Å². The second-order valence-electron chi connectivity index (χ2n) is 4.60. The largest absolute Gasteiger partial charge is 0.464 e. The van der Waals surface area contributed by atoms with Crippen molar-refractivity contribution in [2.45, 2.75) is 32.2 Å². The number of piperidine rings is 1. The van der Waals surface area contributed by atoms with Crippen LogP contribution in [0.25, 0.3) is 0 Å². The Morgan fingerprint density at radius 1 is 1.50 bits per heavy atom. The number of esters is 1. The Labute approximate surface area is 126 Å². The highest BCUT2D eigenvalue weighted by Gasteiger charge is 2.34. The summed E-state index contributed by atoms with van der Waals surface area (Å²) >= 11 is 3.33. The summed E-state index contributed by atoms with van der Waals surface area (Å²) in [6, 6.07) is 3.02. The van der Waals surface area contributed by atoms with Gasteiger partial charge in [0.1, 0.15) is 11.7 Å². The Morgan fingerprint density at radius 3 is 3.00 bits per heavy atom. The zero-order valence-corrected chi connectivity index (χ0v) is 12.9. The molecule has 1 fully saturated rings. The Hall–Kier alpha value is -1.43. The summed E-state index contributed by atoms with van der Waals surface area (Å²) in [5.74, 6) is -0.553. The van der Waals surface area contributed by atoms with Gasteiger partial charge in [-0.05, 0) is 54.2 Å². The van der Waals surface area contributed by atoms with Gasteiger partial charge in [0.2, 0.25) is 0 Å². The molecule has 20 heavy (non-hydrogen) atoms. The molecule has 1 atom stereocenters. The molecule has 1 aromatic heterocycles. The van der Waals surface area contributed by atoms with E-state index in [9.17, 15) is 9.59 Å². The second-order valence-corrected chi connectivity index (χ2v) is 5.45. The summed E-state index contributed by atoms with van der Waals surface area (Å²) in [4.78, 5) is 30.2. The second kappa shape index (κ2) is 6.83. The molecule has 6 heteroatoms. The van der Waals surface area contributed by atoms with Crippen LogP contribution in [0.1, 0.15) is 36.7 Å². The zero-order valence-electron chi connectivity index (χ0n) is 11.3. The standard InChI is InChI=1S/C14H17BrN2O3/c1-2-20-14(19)11-7-3-4-9-17(11)13(18)12-10(15)6-5-8-16-12/h5-6,8,11H,2-4,7,9H2,1H3. The molecule has 108 valence electrons. The first kappa shape index (κ1) is 15.0. The quantitative estimate of drug-likeness (QED) is 0.792. The molecule has 1 aliphatic rings. The van der Waals surface area contributed by atoms with Crippen LogP contribution in [0.5, 0.6) is 0 Å². The number of carbonyl (C=O) groups excluding carboxylic acids is 2. The average molecular weight is 341 g/mol. The summed E-state index contributed by atoms with van der Waals surface area (Å²) in [5, 5.41) is 0. The number of hydrogen-bond donors (Lipinski definition) is 0. The number of rotatable bonds is 3. The predicted molar refractivity (Wildman–Crippen MR) is 77.2 cm³/mol. The molecule has 0 aliphatic carbocycles. The molecule has 5 nitrogen and oxygen atoms in total. The van der Waals surface area contributed by atoms with E-state index in [0.29, 0.717) is 29.7 Å². The number of pyridine rings is 1. The number of amides is 1. The van der Waals surface area contributed by atoms with Gasteiger partial charge in [-0.15, -0.1) is 0 Å². The van der Waals surface area contributed by atoms with Crippen molar-refractivity contribution in [2.24, 2.45) is 0 Å². The first-order valence-electron chi connectivity index (χ1n) is 6.73. The number of carbonyl (C=O) groups is 2. The average Bonchev–Trinajstić information content (AvgIpc) is 2.47. The van der Waals surface area contributed by atoms with Crippen LogP contribution < -0.4 is 0 Å². The molecule has 0 bridgehead atoms. The molecule has 0 radical (unpaired) electrons. The minimum atomic E-state index is -0.495. The SMILES string of the molecule is CCOC(=O)C1CCCCN1C(=O)c1ncccc1Br. The number of nitrogens with zero attached hydrogens (tertiary/aromatic N) is 2. The van der Waals surface area contributed by atoms with Crippen LogP contribution >= 0.6 is 15.9 Å². The molecule has 2 heterocycles. The smallest absolute Gasteiger partial charge is 0.328 e. The van der Waals surface area contributed by atoms with E-state index >= 15 is 0 Å². The predicted octanol–water partition coefficient (Wildman–Crippen LogP) is 2.40. The van der Waals surface area contributed by atoms with E-state index in [-0.39, 0.29) is 11.9 Å². The van der Waals surface area contributed by atoms with Gasteiger partial charge in [-0.2, -0.15) is 0 Å². The van der Waals surface area contributed by atoms with Crippen molar-refractivity contribution in [1.82, 2.24) is 9.88 Å². The van der Waals surface area contributed by atoms with E-state index in [0.717, 1.165) is 12.8 Å². The molecular weight excluding hydrogens is 324 g/mol. The first-order chi connectivity index (χ1) is 9.65. The third kappa shape index (κ3) is 3.17. The number of ether oxygens (including phenoxy) is 1. The van der Waals surface area contributed by atoms with Crippen molar-refractivity contribution in [3.05, 3.63) is 28.5 Å². The Balaban J connectivity index is 2.22. The van der Waals surface area contributed by atoms with Crippen molar-refractivity contribution in [3.63, 3.8) is 0 Å². The topological polar surface area (TPSA) is 59.5 Å². The number of hydrogen-bond acceptors (Lipinski definition) is 4. The first-order valence-corrected chi connectivity index (χ1v) is 7.52. The summed E-state index contributed by atoms with van der Waals surface area (Å²) in [6.45, 7) is 2.65. The van der Waals surface area contributed by atoms with Crippen LogP contribution in [0, 0.1) is 0 Å². The van der Waals surface area contributed by atoms with Crippen molar-refractivity contribution < 1.29 is 14.3 Å². The van der Waals surface area contributed by atoms with Crippen molar-refractivity contribution in [2.75, 3.05) is 13.2 Å². The fraction of sp³-hybridized carbons (Fsp3) is 0.500. The van der Waals surface area contributed by atoms with E-state index < -0.39 is 6.04 Å².